The zero-order chi connectivity index (χ0) is 19.6. The van der Waals surface area contributed by atoms with Crippen LogP contribution in [-0.4, -0.2) is 60.8 Å². The summed E-state index contributed by atoms with van der Waals surface area (Å²) in [5.41, 5.74) is 0.0493. The van der Waals surface area contributed by atoms with Crippen LogP contribution in [0.3, 0.4) is 0 Å². The molecule has 1 aliphatic heterocycles. The van der Waals surface area contributed by atoms with Crippen LogP contribution in [0.25, 0.3) is 0 Å². The van der Waals surface area contributed by atoms with Crippen molar-refractivity contribution in [3.63, 3.8) is 0 Å². The Balaban J connectivity index is 1.62. The number of nitrogens with zero attached hydrogens (tertiary/aromatic N) is 2. The zero-order valence-corrected chi connectivity index (χ0v) is 16.3. The van der Waals surface area contributed by atoms with Gasteiger partial charge in [-0.3, -0.25) is 4.79 Å². The Morgan fingerprint density at radius 3 is 2.11 bits per heavy atom. The monoisotopic (exact) mass is 394 g/mol. The highest BCUT2D eigenvalue weighted by Crippen LogP contribution is 2.28. The fourth-order valence-electron chi connectivity index (χ4n) is 4.02. The van der Waals surface area contributed by atoms with E-state index in [0.717, 1.165) is 12.8 Å². The summed E-state index contributed by atoms with van der Waals surface area (Å²) in [6.07, 6.45) is 5.48. The third-order valence-corrected chi connectivity index (χ3v) is 7.68. The first-order valence-electron chi connectivity index (χ1n) is 9.41. The summed E-state index contributed by atoms with van der Waals surface area (Å²) in [4.78, 5) is 25.6. The number of sulfonamides is 1. The number of hydrogen-bond donors (Lipinski definition) is 1. The van der Waals surface area contributed by atoms with Crippen LogP contribution in [0.5, 0.6) is 0 Å². The molecule has 1 amide bonds. The van der Waals surface area contributed by atoms with E-state index in [2.05, 4.69) is 0 Å². The maximum Gasteiger partial charge on any atom is 0.335 e. The van der Waals surface area contributed by atoms with E-state index < -0.39 is 16.0 Å². The molecular formula is C19H26N2O5S. The molecule has 148 valence electrons. The number of piperidine rings is 1. The third-order valence-electron chi connectivity index (χ3n) is 5.76. The Bertz CT molecular complexity index is 792. The van der Waals surface area contributed by atoms with E-state index in [-0.39, 0.29) is 22.3 Å². The van der Waals surface area contributed by atoms with E-state index >= 15 is 0 Å². The smallest absolute Gasteiger partial charge is 0.335 e. The quantitative estimate of drug-likeness (QED) is 0.826. The summed E-state index contributed by atoms with van der Waals surface area (Å²) in [7, 11) is -1.81. The summed E-state index contributed by atoms with van der Waals surface area (Å²) in [6, 6.07) is 5.56. The van der Waals surface area contributed by atoms with Gasteiger partial charge in [-0.25, -0.2) is 13.2 Å². The molecule has 0 radical (unpaired) electrons. The summed E-state index contributed by atoms with van der Waals surface area (Å²) >= 11 is 0. The molecule has 1 N–H and O–H groups in total. The van der Waals surface area contributed by atoms with Gasteiger partial charge < -0.3 is 10.0 Å². The van der Waals surface area contributed by atoms with E-state index in [4.69, 9.17) is 5.11 Å². The molecule has 2 fully saturated rings. The van der Waals surface area contributed by atoms with Crippen LogP contribution in [-0.2, 0) is 14.8 Å². The average molecular weight is 394 g/mol. The number of carboxylic acid groups (broad SMARTS) is 1. The molecule has 1 saturated carbocycles. The molecule has 1 aromatic rings. The van der Waals surface area contributed by atoms with Gasteiger partial charge in [-0.05, 0) is 49.9 Å². The Morgan fingerprint density at radius 1 is 1.04 bits per heavy atom. The first kappa shape index (κ1) is 19.8. The number of carboxylic acids is 1. The second-order valence-corrected chi connectivity index (χ2v) is 9.33. The maximum absolute atomic E-state index is 12.8. The lowest BCUT2D eigenvalue weighted by molar-refractivity contribution is -0.137. The first-order valence-corrected chi connectivity index (χ1v) is 10.8. The van der Waals surface area contributed by atoms with Crippen LogP contribution in [0.2, 0.25) is 0 Å². The first-order chi connectivity index (χ1) is 12.8. The minimum absolute atomic E-state index is 0.0493. The number of benzene rings is 1. The molecular weight excluding hydrogens is 368 g/mol. The predicted molar refractivity (Wildman–Crippen MR) is 99.9 cm³/mol. The van der Waals surface area contributed by atoms with Crippen molar-refractivity contribution in [3.05, 3.63) is 29.8 Å². The lowest BCUT2D eigenvalue weighted by Crippen LogP contribution is -2.45. The van der Waals surface area contributed by atoms with Crippen LogP contribution in [0.15, 0.2) is 29.2 Å². The predicted octanol–water partition coefficient (Wildman–Crippen LogP) is 2.19. The molecule has 27 heavy (non-hydrogen) atoms. The van der Waals surface area contributed by atoms with Crippen molar-refractivity contribution in [2.24, 2.45) is 5.92 Å². The van der Waals surface area contributed by atoms with Crippen LogP contribution in [0.4, 0.5) is 0 Å². The molecule has 1 saturated heterocycles. The molecule has 0 aromatic heterocycles. The zero-order valence-electron chi connectivity index (χ0n) is 15.5. The third kappa shape index (κ3) is 4.16. The second kappa shape index (κ2) is 7.98. The largest absolute Gasteiger partial charge is 0.478 e. The lowest BCUT2D eigenvalue weighted by atomic mass is 9.96. The van der Waals surface area contributed by atoms with Crippen LogP contribution in [0.1, 0.15) is 48.9 Å². The van der Waals surface area contributed by atoms with Crippen molar-refractivity contribution < 1.29 is 23.1 Å². The van der Waals surface area contributed by atoms with Crippen molar-refractivity contribution in [1.82, 2.24) is 9.21 Å². The van der Waals surface area contributed by atoms with Crippen molar-refractivity contribution in [1.29, 1.82) is 0 Å². The van der Waals surface area contributed by atoms with Gasteiger partial charge in [0.05, 0.1) is 10.5 Å². The summed E-state index contributed by atoms with van der Waals surface area (Å²) in [6.45, 7) is 0.607. The number of rotatable bonds is 5. The Hall–Kier alpha value is -1.93. The lowest BCUT2D eigenvalue weighted by Gasteiger charge is -2.34. The maximum atomic E-state index is 12.8. The number of hydrogen-bond acceptors (Lipinski definition) is 4. The van der Waals surface area contributed by atoms with Gasteiger partial charge in [0.2, 0.25) is 15.9 Å². The van der Waals surface area contributed by atoms with Gasteiger partial charge in [0, 0.05) is 32.1 Å². The fraction of sp³-hybridized carbons (Fsp3) is 0.579. The highest BCUT2D eigenvalue weighted by Gasteiger charge is 2.35. The molecule has 1 heterocycles. The SMILES string of the molecule is CN(C(=O)C1CCN(S(=O)(=O)c2ccc(C(=O)O)cc2)CC1)C1CCCC1. The van der Waals surface area contributed by atoms with Gasteiger partial charge in [-0.2, -0.15) is 4.31 Å². The molecule has 0 bridgehead atoms. The summed E-state index contributed by atoms with van der Waals surface area (Å²) in [5, 5.41) is 8.94. The molecule has 8 heteroatoms. The molecule has 0 atom stereocenters. The Labute approximate surface area is 160 Å². The standard InChI is InChI=1S/C19H26N2O5S/c1-20(16-4-2-3-5-16)18(22)14-10-12-21(13-11-14)27(25,26)17-8-6-15(7-9-17)19(23)24/h6-9,14,16H,2-5,10-13H2,1H3,(H,23,24). The number of aromatic carboxylic acids is 1. The number of carbonyl (C=O) groups excluding carboxylic acids is 1. The molecule has 3 rings (SSSR count). The highest BCUT2D eigenvalue weighted by atomic mass is 32.2. The van der Waals surface area contributed by atoms with Crippen LogP contribution >= 0.6 is 0 Å². The van der Waals surface area contributed by atoms with Gasteiger partial charge in [0.1, 0.15) is 0 Å². The van der Waals surface area contributed by atoms with Gasteiger partial charge in [-0.15, -0.1) is 0 Å². The molecule has 1 aliphatic carbocycles. The van der Waals surface area contributed by atoms with E-state index in [1.54, 1.807) is 0 Å². The van der Waals surface area contributed by atoms with Crippen molar-refractivity contribution in [2.45, 2.75) is 49.5 Å². The molecule has 0 spiro atoms. The highest BCUT2D eigenvalue weighted by molar-refractivity contribution is 7.89. The fourth-order valence-corrected chi connectivity index (χ4v) is 5.49. The molecule has 1 aromatic carbocycles. The molecule has 2 aliphatic rings. The molecule has 0 unspecified atom stereocenters. The number of amides is 1. The van der Waals surface area contributed by atoms with Crippen LogP contribution < -0.4 is 0 Å². The van der Waals surface area contributed by atoms with Gasteiger partial charge in [0.25, 0.3) is 0 Å². The van der Waals surface area contributed by atoms with Crippen molar-refractivity contribution in [2.75, 3.05) is 20.1 Å². The minimum Gasteiger partial charge on any atom is -0.478 e. The van der Waals surface area contributed by atoms with Gasteiger partial charge >= 0.3 is 5.97 Å². The summed E-state index contributed by atoms with van der Waals surface area (Å²) in [5.74, 6) is -1.09. The molecule has 7 nitrogen and oxygen atoms in total. The van der Waals surface area contributed by atoms with E-state index in [1.807, 2.05) is 11.9 Å². The minimum atomic E-state index is -3.67. The van der Waals surface area contributed by atoms with Crippen molar-refractivity contribution in [3.8, 4) is 0 Å². The topological polar surface area (TPSA) is 95.0 Å². The van der Waals surface area contributed by atoms with E-state index in [9.17, 15) is 18.0 Å². The van der Waals surface area contributed by atoms with E-state index in [0.29, 0.717) is 32.0 Å². The van der Waals surface area contributed by atoms with Gasteiger partial charge in [0.15, 0.2) is 0 Å². The van der Waals surface area contributed by atoms with E-state index in [1.165, 1.54) is 41.4 Å². The number of carbonyl (C=O) groups is 2. The average Bonchev–Trinajstić information content (AvgIpc) is 3.21. The second-order valence-electron chi connectivity index (χ2n) is 7.40. The Morgan fingerprint density at radius 2 is 1.59 bits per heavy atom. The normalized spacial score (nSPS) is 19.9. The summed E-state index contributed by atoms with van der Waals surface area (Å²) < 4.78 is 26.9. The Kier molecular flexibility index (Phi) is 5.86. The van der Waals surface area contributed by atoms with Gasteiger partial charge in [-0.1, -0.05) is 12.8 Å². The van der Waals surface area contributed by atoms with Crippen molar-refractivity contribution >= 4 is 21.9 Å². The van der Waals surface area contributed by atoms with Crippen LogP contribution in [0, 0.1) is 5.92 Å².